The molecule has 2 heterocycles. The fraction of sp³-hybridized carbons (Fsp3) is 0.222. The third-order valence-corrected chi connectivity index (χ3v) is 6.15. The molecule has 3 aromatic rings. The number of thiazole rings is 1. The summed E-state index contributed by atoms with van der Waals surface area (Å²) in [5, 5.41) is 4.95. The van der Waals surface area contributed by atoms with E-state index in [4.69, 9.17) is 0 Å². The quantitative estimate of drug-likeness (QED) is 0.676. The van der Waals surface area contributed by atoms with Crippen LogP contribution in [0.25, 0.3) is 11.3 Å². The van der Waals surface area contributed by atoms with Crippen molar-refractivity contribution in [2.75, 3.05) is 5.32 Å². The van der Waals surface area contributed by atoms with Crippen molar-refractivity contribution in [2.24, 2.45) is 0 Å². The van der Waals surface area contributed by atoms with Crippen LogP contribution in [0.15, 0.2) is 29.6 Å². The predicted octanol–water partition coefficient (Wildman–Crippen LogP) is 5.28. The molecule has 0 atom stereocenters. The monoisotopic (exact) mass is 376 g/mol. The Hall–Kier alpha value is -2.12. The van der Waals surface area contributed by atoms with Crippen LogP contribution < -0.4 is 5.32 Å². The first kappa shape index (κ1) is 16.4. The molecule has 7 heteroatoms. The first-order valence-corrected chi connectivity index (χ1v) is 9.63. The maximum absolute atomic E-state index is 13.3. The van der Waals surface area contributed by atoms with Gasteiger partial charge in [-0.25, -0.2) is 13.8 Å². The van der Waals surface area contributed by atoms with Crippen LogP contribution in [0.4, 0.5) is 13.9 Å². The number of amides is 1. The lowest BCUT2D eigenvalue weighted by molar-refractivity contribution is 0.103. The van der Waals surface area contributed by atoms with Gasteiger partial charge in [0.05, 0.1) is 10.6 Å². The maximum atomic E-state index is 13.3. The number of aryl methyl sites for hydroxylation is 2. The van der Waals surface area contributed by atoms with Crippen molar-refractivity contribution in [3.05, 3.63) is 56.6 Å². The predicted molar refractivity (Wildman–Crippen MR) is 96.4 cm³/mol. The standard InChI is InChI=1S/C18H14F2N2OS2/c19-12-6-5-10(7-13(12)20)14-9-24-18(21-14)22-17(23)16-8-11-3-1-2-4-15(11)25-16/h5-9H,1-4H2,(H,21,22,23). The van der Waals surface area contributed by atoms with E-state index in [-0.39, 0.29) is 5.91 Å². The van der Waals surface area contributed by atoms with E-state index < -0.39 is 11.6 Å². The first-order valence-electron chi connectivity index (χ1n) is 7.94. The van der Waals surface area contributed by atoms with Gasteiger partial charge >= 0.3 is 0 Å². The normalized spacial score (nSPS) is 13.5. The molecule has 0 bridgehead atoms. The number of rotatable bonds is 3. The fourth-order valence-electron chi connectivity index (χ4n) is 2.88. The molecule has 0 unspecified atom stereocenters. The molecule has 4 rings (SSSR count). The zero-order chi connectivity index (χ0) is 17.4. The largest absolute Gasteiger partial charge is 0.297 e. The molecule has 3 nitrogen and oxygen atoms in total. The number of anilines is 1. The first-order chi connectivity index (χ1) is 12.1. The third kappa shape index (κ3) is 3.34. The molecular weight excluding hydrogens is 362 g/mol. The summed E-state index contributed by atoms with van der Waals surface area (Å²) >= 11 is 2.80. The van der Waals surface area contributed by atoms with Crippen LogP contribution in [0.5, 0.6) is 0 Å². The summed E-state index contributed by atoms with van der Waals surface area (Å²) in [5.74, 6) is -1.99. The molecule has 1 N–H and O–H groups in total. The van der Waals surface area contributed by atoms with Gasteiger partial charge in [-0.2, -0.15) is 0 Å². The van der Waals surface area contributed by atoms with E-state index in [1.807, 2.05) is 6.07 Å². The molecule has 0 saturated carbocycles. The number of carbonyl (C=O) groups is 1. The number of hydrogen-bond acceptors (Lipinski definition) is 4. The number of benzene rings is 1. The summed E-state index contributed by atoms with van der Waals surface area (Å²) in [6, 6.07) is 5.60. The molecule has 2 aromatic heterocycles. The van der Waals surface area contributed by atoms with Crippen LogP contribution in [-0.4, -0.2) is 10.9 Å². The number of halogens is 2. The van der Waals surface area contributed by atoms with E-state index in [1.54, 1.807) is 16.7 Å². The minimum atomic E-state index is -0.916. The summed E-state index contributed by atoms with van der Waals surface area (Å²) in [5.41, 5.74) is 2.26. The molecule has 1 aromatic carbocycles. The van der Waals surface area contributed by atoms with E-state index in [1.165, 1.54) is 40.7 Å². The highest BCUT2D eigenvalue weighted by Crippen LogP contribution is 2.31. The Kier molecular flexibility index (Phi) is 4.35. The molecular formula is C18H14F2N2OS2. The van der Waals surface area contributed by atoms with Crippen molar-refractivity contribution in [3.63, 3.8) is 0 Å². The van der Waals surface area contributed by atoms with E-state index in [9.17, 15) is 13.6 Å². The fourth-order valence-corrected chi connectivity index (χ4v) is 4.74. The topological polar surface area (TPSA) is 42.0 Å². The van der Waals surface area contributed by atoms with Crippen molar-refractivity contribution in [3.8, 4) is 11.3 Å². The van der Waals surface area contributed by atoms with Gasteiger partial charge in [-0.15, -0.1) is 22.7 Å². The third-order valence-electron chi connectivity index (χ3n) is 4.16. The van der Waals surface area contributed by atoms with Crippen LogP contribution in [0.2, 0.25) is 0 Å². The van der Waals surface area contributed by atoms with E-state index >= 15 is 0 Å². The summed E-state index contributed by atoms with van der Waals surface area (Å²) in [7, 11) is 0. The molecule has 1 aliphatic carbocycles. The number of nitrogens with zero attached hydrogens (tertiary/aromatic N) is 1. The van der Waals surface area contributed by atoms with Crippen LogP contribution >= 0.6 is 22.7 Å². The molecule has 0 radical (unpaired) electrons. The molecule has 0 aliphatic heterocycles. The van der Waals surface area contributed by atoms with Gasteiger partial charge in [-0.05, 0) is 55.5 Å². The van der Waals surface area contributed by atoms with Crippen LogP contribution in [0.1, 0.15) is 33.0 Å². The van der Waals surface area contributed by atoms with Gasteiger partial charge in [-0.1, -0.05) is 0 Å². The van der Waals surface area contributed by atoms with Crippen molar-refractivity contribution in [1.29, 1.82) is 0 Å². The van der Waals surface area contributed by atoms with Gasteiger partial charge in [0, 0.05) is 15.8 Å². The zero-order valence-corrected chi connectivity index (χ0v) is 14.8. The van der Waals surface area contributed by atoms with Gasteiger partial charge in [0.15, 0.2) is 16.8 Å². The highest BCUT2D eigenvalue weighted by molar-refractivity contribution is 7.15. The Bertz CT molecular complexity index is 925. The van der Waals surface area contributed by atoms with Crippen LogP contribution in [0, 0.1) is 11.6 Å². The Morgan fingerprint density at radius 3 is 2.76 bits per heavy atom. The second-order valence-electron chi connectivity index (χ2n) is 5.89. The average molecular weight is 376 g/mol. The summed E-state index contributed by atoms with van der Waals surface area (Å²) in [6.07, 6.45) is 4.44. The molecule has 128 valence electrons. The Labute approximate surface area is 151 Å². The van der Waals surface area contributed by atoms with Crippen molar-refractivity contribution in [2.45, 2.75) is 25.7 Å². The SMILES string of the molecule is O=C(Nc1nc(-c2ccc(F)c(F)c2)cs1)c1cc2c(s1)CCCC2. The zero-order valence-electron chi connectivity index (χ0n) is 13.1. The molecule has 1 amide bonds. The Morgan fingerprint density at radius 1 is 1.12 bits per heavy atom. The number of aromatic nitrogens is 1. The smallest absolute Gasteiger partial charge is 0.267 e. The number of hydrogen-bond donors (Lipinski definition) is 1. The van der Waals surface area contributed by atoms with E-state index in [0.29, 0.717) is 21.3 Å². The van der Waals surface area contributed by atoms with Crippen LogP contribution in [-0.2, 0) is 12.8 Å². The van der Waals surface area contributed by atoms with Gasteiger partial charge in [-0.3, -0.25) is 10.1 Å². The lowest BCUT2D eigenvalue weighted by atomic mass is 9.99. The van der Waals surface area contributed by atoms with E-state index in [2.05, 4.69) is 10.3 Å². The van der Waals surface area contributed by atoms with Crippen molar-refractivity contribution >= 4 is 33.7 Å². The van der Waals surface area contributed by atoms with Crippen molar-refractivity contribution < 1.29 is 13.6 Å². The number of carbonyl (C=O) groups excluding carboxylic acids is 1. The molecule has 0 fully saturated rings. The van der Waals surface area contributed by atoms with Gasteiger partial charge in [0.1, 0.15) is 0 Å². The summed E-state index contributed by atoms with van der Waals surface area (Å²) in [6.45, 7) is 0. The number of thiophene rings is 1. The average Bonchev–Trinajstić information content (AvgIpc) is 3.24. The molecule has 25 heavy (non-hydrogen) atoms. The molecule has 0 saturated heterocycles. The lowest BCUT2D eigenvalue weighted by Gasteiger charge is -2.08. The summed E-state index contributed by atoms with van der Waals surface area (Å²) in [4.78, 5) is 18.7. The summed E-state index contributed by atoms with van der Waals surface area (Å²) < 4.78 is 26.4. The van der Waals surface area contributed by atoms with Crippen LogP contribution in [0.3, 0.4) is 0 Å². The minimum absolute atomic E-state index is 0.175. The second kappa shape index (κ2) is 6.65. The number of nitrogens with one attached hydrogen (secondary N) is 1. The number of fused-ring (bicyclic) bond motifs is 1. The highest BCUT2D eigenvalue weighted by Gasteiger charge is 2.18. The Morgan fingerprint density at radius 2 is 1.96 bits per heavy atom. The van der Waals surface area contributed by atoms with Gasteiger partial charge in [0.2, 0.25) is 0 Å². The molecule has 1 aliphatic rings. The lowest BCUT2D eigenvalue weighted by Crippen LogP contribution is -2.09. The maximum Gasteiger partial charge on any atom is 0.267 e. The van der Waals surface area contributed by atoms with Gasteiger partial charge < -0.3 is 0 Å². The molecule has 0 spiro atoms. The van der Waals surface area contributed by atoms with Gasteiger partial charge in [0.25, 0.3) is 5.91 Å². The second-order valence-corrected chi connectivity index (χ2v) is 7.88. The highest BCUT2D eigenvalue weighted by atomic mass is 32.1. The minimum Gasteiger partial charge on any atom is -0.297 e. The Balaban J connectivity index is 1.51. The van der Waals surface area contributed by atoms with Crippen molar-refractivity contribution in [1.82, 2.24) is 4.98 Å². The van der Waals surface area contributed by atoms with E-state index in [0.717, 1.165) is 25.0 Å².